The first-order valence-electron chi connectivity index (χ1n) is 9.08. The minimum Gasteiger partial charge on any atom is -0.496 e. The first-order chi connectivity index (χ1) is 13.0. The summed E-state index contributed by atoms with van der Waals surface area (Å²) in [6, 6.07) is 13.3. The van der Waals surface area contributed by atoms with Crippen molar-refractivity contribution in [3.05, 3.63) is 53.1 Å². The number of methoxy groups -OCH3 is 1. The number of amides is 1. The Hall–Kier alpha value is -2.40. The van der Waals surface area contributed by atoms with Gasteiger partial charge < -0.3 is 19.3 Å². The van der Waals surface area contributed by atoms with Crippen LogP contribution in [0.3, 0.4) is 0 Å². The fourth-order valence-corrected chi connectivity index (χ4v) is 3.56. The smallest absolute Gasteiger partial charge is 0.227 e. The predicted molar refractivity (Wildman–Crippen MR) is 108 cm³/mol. The summed E-state index contributed by atoms with van der Waals surface area (Å²) in [4.78, 5) is 16.7. The van der Waals surface area contributed by atoms with Crippen molar-refractivity contribution in [2.45, 2.75) is 19.4 Å². The van der Waals surface area contributed by atoms with E-state index in [-0.39, 0.29) is 18.4 Å². The van der Waals surface area contributed by atoms with Crippen LogP contribution in [-0.4, -0.2) is 50.7 Å². The summed E-state index contributed by atoms with van der Waals surface area (Å²) in [7, 11) is 3.40. The zero-order valence-electron chi connectivity index (χ0n) is 15.9. The number of carbonyl (C=O) groups excluding carboxylic acids is 1. The summed E-state index contributed by atoms with van der Waals surface area (Å²) in [5.74, 6) is 1.54. The van der Waals surface area contributed by atoms with E-state index in [0.717, 1.165) is 30.1 Å². The highest BCUT2D eigenvalue weighted by molar-refractivity contribution is 6.30. The molecule has 144 valence electrons. The molecule has 0 saturated heterocycles. The lowest BCUT2D eigenvalue weighted by Gasteiger charge is -2.37. The summed E-state index contributed by atoms with van der Waals surface area (Å²) in [5.41, 5.74) is 1.89. The largest absolute Gasteiger partial charge is 0.496 e. The van der Waals surface area contributed by atoms with Crippen molar-refractivity contribution in [1.82, 2.24) is 4.90 Å². The van der Waals surface area contributed by atoms with Gasteiger partial charge in [-0.05, 0) is 37.3 Å². The highest BCUT2D eigenvalue weighted by atomic mass is 35.5. The van der Waals surface area contributed by atoms with Gasteiger partial charge in [-0.15, -0.1) is 0 Å². The average molecular weight is 389 g/mol. The quantitative estimate of drug-likeness (QED) is 0.757. The molecule has 0 saturated carbocycles. The molecule has 0 spiro atoms. The van der Waals surface area contributed by atoms with Crippen molar-refractivity contribution in [2.24, 2.45) is 0 Å². The third-order valence-electron chi connectivity index (χ3n) is 4.79. The van der Waals surface area contributed by atoms with Gasteiger partial charge in [-0.25, -0.2) is 0 Å². The molecule has 1 aliphatic heterocycles. The number of ether oxygens (including phenoxy) is 2. The second kappa shape index (κ2) is 8.53. The molecule has 5 nitrogen and oxygen atoms in total. The van der Waals surface area contributed by atoms with E-state index in [9.17, 15) is 4.79 Å². The van der Waals surface area contributed by atoms with Crippen molar-refractivity contribution in [3.8, 4) is 11.5 Å². The predicted octanol–water partition coefficient (Wildman–Crippen LogP) is 3.64. The Morgan fingerprint density at radius 3 is 2.85 bits per heavy atom. The minimum atomic E-state index is -0.0740. The summed E-state index contributed by atoms with van der Waals surface area (Å²) < 4.78 is 11.5. The molecule has 2 aromatic rings. The fourth-order valence-electron chi connectivity index (χ4n) is 3.36. The first-order valence-corrected chi connectivity index (χ1v) is 9.46. The summed E-state index contributed by atoms with van der Waals surface area (Å²) in [6.07, 6.45) is 0.163. The van der Waals surface area contributed by atoms with E-state index >= 15 is 0 Å². The Morgan fingerprint density at radius 2 is 2.11 bits per heavy atom. The van der Waals surface area contributed by atoms with Crippen LogP contribution in [0.25, 0.3) is 0 Å². The second-order valence-electron chi connectivity index (χ2n) is 6.65. The molecule has 1 atom stereocenters. The Kier molecular flexibility index (Phi) is 6.11. The van der Waals surface area contributed by atoms with E-state index in [1.165, 1.54) is 0 Å². The number of likely N-dealkylation sites (N-methyl/N-ethyl adjacent to an activating group) is 2. The molecule has 3 rings (SSSR count). The molecule has 0 radical (unpaired) electrons. The van der Waals surface area contributed by atoms with Gasteiger partial charge in [0.05, 0.1) is 32.3 Å². The molecule has 6 heteroatoms. The number of rotatable bonds is 6. The number of benzene rings is 2. The zero-order chi connectivity index (χ0) is 19.4. The van der Waals surface area contributed by atoms with E-state index in [2.05, 4.69) is 17.9 Å². The van der Waals surface area contributed by atoms with Crippen LogP contribution in [0.15, 0.2) is 42.5 Å². The van der Waals surface area contributed by atoms with E-state index in [0.29, 0.717) is 17.3 Å². The summed E-state index contributed by atoms with van der Waals surface area (Å²) in [5, 5.41) is 0.590. The van der Waals surface area contributed by atoms with Crippen molar-refractivity contribution in [1.29, 1.82) is 0 Å². The van der Waals surface area contributed by atoms with Crippen LogP contribution in [-0.2, 0) is 11.2 Å². The lowest BCUT2D eigenvalue weighted by molar-refractivity contribution is -0.130. The van der Waals surface area contributed by atoms with Crippen LogP contribution in [0.2, 0.25) is 5.02 Å². The van der Waals surface area contributed by atoms with E-state index < -0.39 is 0 Å². The lowest BCUT2D eigenvalue weighted by atomic mass is 10.1. The lowest BCUT2D eigenvalue weighted by Crippen LogP contribution is -2.47. The fraction of sp³-hybridized carbons (Fsp3) is 0.381. The van der Waals surface area contributed by atoms with Crippen LogP contribution in [0.4, 0.5) is 5.69 Å². The molecule has 1 amide bonds. The van der Waals surface area contributed by atoms with Crippen LogP contribution < -0.4 is 14.4 Å². The molecule has 1 aliphatic rings. The van der Waals surface area contributed by atoms with E-state index in [1.807, 2.05) is 18.2 Å². The van der Waals surface area contributed by atoms with Gasteiger partial charge in [-0.3, -0.25) is 4.79 Å². The molecule has 1 heterocycles. The molecule has 27 heavy (non-hydrogen) atoms. The third kappa shape index (κ3) is 4.48. The van der Waals surface area contributed by atoms with E-state index in [4.69, 9.17) is 21.1 Å². The standard InChI is InChI=1S/C21H25ClN2O3/c1-4-24-14-17(27-20-8-6-5-7-18(20)24)13-23(2)21(25)12-15-11-16(22)9-10-19(15)26-3/h5-11,17H,4,12-14H2,1-3H3/t17-/m1/s1. The van der Waals surface area contributed by atoms with Gasteiger partial charge in [0.1, 0.15) is 17.6 Å². The molecular weight excluding hydrogens is 364 g/mol. The normalized spacial score (nSPS) is 15.7. The Morgan fingerprint density at radius 1 is 1.33 bits per heavy atom. The van der Waals surface area contributed by atoms with Crippen molar-refractivity contribution in [2.75, 3.05) is 38.7 Å². The first kappa shape index (κ1) is 19.4. The van der Waals surface area contributed by atoms with Gasteiger partial charge >= 0.3 is 0 Å². The number of halogens is 1. The van der Waals surface area contributed by atoms with Gasteiger partial charge in [0, 0.05) is 24.2 Å². The zero-order valence-corrected chi connectivity index (χ0v) is 16.7. The van der Waals surface area contributed by atoms with Crippen LogP contribution in [0, 0.1) is 0 Å². The van der Waals surface area contributed by atoms with Crippen LogP contribution >= 0.6 is 11.6 Å². The molecule has 0 bridgehead atoms. The monoisotopic (exact) mass is 388 g/mol. The molecular formula is C21H25ClN2O3. The Balaban J connectivity index is 1.66. The van der Waals surface area contributed by atoms with Gasteiger partial charge in [0.25, 0.3) is 0 Å². The number of anilines is 1. The number of nitrogens with zero attached hydrogens (tertiary/aromatic N) is 2. The number of hydrogen-bond acceptors (Lipinski definition) is 4. The average Bonchev–Trinajstić information content (AvgIpc) is 2.67. The van der Waals surface area contributed by atoms with Crippen molar-refractivity contribution >= 4 is 23.2 Å². The molecule has 0 N–H and O–H groups in total. The highest BCUT2D eigenvalue weighted by Gasteiger charge is 2.26. The SMILES string of the molecule is CCN1C[C@@H](CN(C)C(=O)Cc2cc(Cl)ccc2OC)Oc2ccccc21. The summed E-state index contributed by atoms with van der Waals surface area (Å²) in [6.45, 7) is 4.30. The van der Waals surface area contributed by atoms with Gasteiger partial charge in [0.2, 0.25) is 5.91 Å². The number of hydrogen-bond donors (Lipinski definition) is 0. The maximum atomic E-state index is 12.7. The topological polar surface area (TPSA) is 42.0 Å². The second-order valence-corrected chi connectivity index (χ2v) is 7.09. The third-order valence-corrected chi connectivity index (χ3v) is 5.03. The Bertz CT molecular complexity index is 812. The van der Waals surface area contributed by atoms with Crippen LogP contribution in [0.5, 0.6) is 11.5 Å². The molecule has 0 fully saturated rings. The van der Waals surface area contributed by atoms with Gasteiger partial charge in [-0.1, -0.05) is 23.7 Å². The van der Waals surface area contributed by atoms with Gasteiger partial charge in [-0.2, -0.15) is 0 Å². The van der Waals surface area contributed by atoms with Crippen LogP contribution in [0.1, 0.15) is 12.5 Å². The summed E-state index contributed by atoms with van der Waals surface area (Å²) >= 11 is 6.07. The molecule has 2 aromatic carbocycles. The van der Waals surface area contributed by atoms with E-state index in [1.54, 1.807) is 37.3 Å². The number of fused-ring (bicyclic) bond motifs is 1. The van der Waals surface area contributed by atoms with Crippen molar-refractivity contribution < 1.29 is 14.3 Å². The Labute approximate surface area is 165 Å². The molecule has 0 aliphatic carbocycles. The van der Waals surface area contributed by atoms with Crippen molar-refractivity contribution in [3.63, 3.8) is 0 Å². The molecule has 0 unspecified atom stereocenters. The van der Waals surface area contributed by atoms with Gasteiger partial charge in [0.15, 0.2) is 0 Å². The molecule has 0 aromatic heterocycles. The number of para-hydroxylation sites is 2. The maximum Gasteiger partial charge on any atom is 0.227 e. The number of carbonyl (C=O) groups is 1. The maximum absolute atomic E-state index is 12.7. The minimum absolute atomic E-state index is 0.000994. The highest BCUT2D eigenvalue weighted by Crippen LogP contribution is 2.33.